The van der Waals surface area contributed by atoms with E-state index < -0.39 is 18.5 Å². The third kappa shape index (κ3) is 5.28. The van der Waals surface area contributed by atoms with Crippen LogP contribution in [0.25, 0.3) is 0 Å². The van der Waals surface area contributed by atoms with Gasteiger partial charge in [-0.3, -0.25) is 9.59 Å². The molecule has 1 heterocycles. The first-order chi connectivity index (χ1) is 12.8. The molecule has 0 saturated carbocycles. The summed E-state index contributed by atoms with van der Waals surface area (Å²) in [5.41, 5.74) is 3.09. The van der Waals surface area contributed by atoms with Crippen LogP contribution in [0.3, 0.4) is 0 Å². The number of ketones is 1. The van der Waals surface area contributed by atoms with E-state index in [0.717, 1.165) is 11.1 Å². The van der Waals surface area contributed by atoms with Gasteiger partial charge in [-0.1, -0.05) is 6.07 Å². The molecule has 2 aromatic rings. The fourth-order valence-electron chi connectivity index (χ4n) is 2.66. The van der Waals surface area contributed by atoms with Gasteiger partial charge in [-0.05, 0) is 50.1 Å². The molecular formula is C20H21N3O4. The number of nitriles is 1. The normalized spacial score (nSPS) is 10.1. The molecule has 140 valence electrons. The van der Waals surface area contributed by atoms with Gasteiger partial charge in [-0.25, -0.2) is 4.79 Å². The second-order valence-corrected chi connectivity index (χ2v) is 6.23. The number of Topliss-reactive ketones (excluding diaryl/α,β-unsaturated/α-hetero) is 1. The molecule has 1 aromatic carbocycles. The van der Waals surface area contributed by atoms with E-state index in [0.29, 0.717) is 11.3 Å². The number of H-pyrrole nitrogens is 1. The van der Waals surface area contributed by atoms with Crippen LogP contribution in [0, 0.1) is 25.2 Å². The molecular weight excluding hydrogens is 346 g/mol. The lowest BCUT2D eigenvalue weighted by Crippen LogP contribution is -2.35. The molecule has 0 aliphatic heterocycles. The number of nitrogens with one attached hydrogen (secondary N) is 1. The van der Waals surface area contributed by atoms with Crippen molar-refractivity contribution in [3.8, 4) is 6.07 Å². The average molecular weight is 367 g/mol. The number of hydrogen-bond donors (Lipinski definition) is 1. The van der Waals surface area contributed by atoms with E-state index in [-0.39, 0.29) is 24.4 Å². The Balaban J connectivity index is 2.09. The predicted octanol–water partition coefficient (Wildman–Crippen LogP) is 2.94. The molecule has 0 aliphatic carbocycles. The minimum Gasteiger partial charge on any atom is -0.451 e. The third-order valence-electron chi connectivity index (χ3n) is 3.90. The predicted molar refractivity (Wildman–Crippen MR) is 99.6 cm³/mol. The number of esters is 1. The van der Waals surface area contributed by atoms with Crippen LogP contribution in [0.1, 0.15) is 45.3 Å². The lowest BCUT2D eigenvalue weighted by molar-refractivity contribution is -0.121. The number of rotatable bonds is 7. The molecule has 0 unspecified atom stereocenters. The van der Waals surface area contributed by atoms with Crippen LogP contribution in [-0.2, 0) is 9.53 Å². The van der Waals surface area contributed by atoms with Crippen molar-refractivity contribution in [1.29, 1.82) is 5.26 Å². The molecule has 0 spiro atoms. The van der Waals surface area contributed by atoms with Crippen molar-refractivity contribution in [3.05, 3.63) is 52.8 Å². The Bertz CT molecular complexity index is 888. The van der Waals surface area contributed by atoms with Gasteiger partial charge in [0, 0.05) is 24.0 Å². The van der Waals surface area contributed by atoms with E-state index >= 15 is 0 Å². The summed E-state index contributed by atoms with van der Waals surface area (Å²) >= 11 is 0. The fourth-order valence-corrected chi connectivity index (χ4v) is 2.66. The van der Waals surface area contributed by atoms with Gasteiger partial charge in [-0.2, -0.15) is 5.26 Å². The molecule has 0 bridgehead atoms. The van der Waals surface area contributed by atoms with Crippen molar-refractivity contribution in [1.82, 2.24) is 4.98 Å². The van der Waals surface area contributed by atoms with Crippen LogP contribution in [0.15, 0.2) is 30.5 Å². The van der Waals surface area contributed by atoms with E-state index in [1.54, 1.807) is 0 Å². The summed E-state index contributed by atoms with van der Waals surface area (Å²) in [7, 11) is 0. The van der Waals surface area contributed by atoms with Crippen LogP contribution in [0.2, 0.25) is 0 Å². The van der Waals surface area contributed by atoms with Crippen LogP contribution in [0.5, 0.6) is 0 Å². The van der Waals surface area contributed by atoms with Gasteiger partial charge in [0.15, 0.2) is 12.4 Å². The quantitative estimate of drug-likeness (QED) is 0.598. The van der Waals surface area contributed by atoms with Gasteiger partial charge < -0.3 is 14.6 Å². The summed E-state index contributed by atoms with van der Waals surface area (Å²) in [6.07, 6.45) is 1.57. The minimum absolute atomic E-state index is 0.1000. The number of hydrogen-bond acceptors (Lipinski definition) is 5. The van der Waals surface area contributed by atoms with Crippen LogP contribution in [0.4, 0.5) is 5.69 Å². The highest BCUT2D eigenvalue weighted by Crippen LogP contribution is 2.19. The van der Waals surface area contributed by atoms with Gasteiger partial charge in [0.2, 0.25) is 0 Å². The van der Waals surface area contributed by atoms with Gasteiger partial charge in [0.05, 0.1) is 12.5 Å². The van der Waals surface area contributed by atoms with Crippen LogP contribution < -0.4 is 4.90 Å². The summed E-state index contributed by atoms with van der Waals surface area (Å²) in [6.45, 7) is 4.96. The number of amides is 1. The molecule has 2 rings (SSSR count). The molecule has 1 N–H and O–H groups in total. The van der Waals surface area contributed by atoms with Gasteiger partial charge in [0.1, 0.15) is 5.69 Å². The molecule has 27 heavy (non-hydrogen) atoms. The number of nitrogens with zero attached hydrogens (tertiary/aromatic N) is 2. The number of carbonyl (C=O) groups excluding carboxylic acids is 3. The van der Waals surface area contributed by atoms with Crippen molar-refractivity contribution in [2.45, 2.75) is 27.2 Å². The Labute approximate surface area is 157 Å². The van der Waals surface area contributed by atoms with E-state index in [1.807, 2.05) is 38.1 Å². The maximum atomic E-state index is 12.6. The van der Waals surface area contributed by atoms with E-state index in [4.69, 9.17) is 10.00 Å². The standard InChI is InChI=1S/C20H21N3O4/c1-13-7-14(2)9-17(8-13)23(6-4-5-21)19(25)12-27-20(26)18-10-16(11-22-18)15(3)24/h7-11,22H,4,6,12H2,1-3H3. The first-order valence-corrected chi connectivity index (χ1v) is 8.44. The van der Waals surface area contributed by atoms with E-state index in [9.17, 15) is 14.4 Å². The molecule has 0 aliphatic rings. The Kier molecular flexibility index (Phi) is 6.50. The smallest absolute Gasteiger partial charge is 0.355 e. The first kappa shape index (κ1) is 19.9. The summed E-state index contributed by atoms with van der Waals surface area (Å²) in [4.78, 5) is 40.1. The maximum absolute atomic E-state index is 12.6. The highest BCUT2D eigenvalue weighted by Gasteiger charge is 2.19. The largest absolute Gasteiger partial charge is 0.451 e. The van der Waals surface area contributed by atoms with Gasteiger partial charge >= 0.3 is 5.97 Å². The Morgan fingerprint density at radius 2 is 1.81 bits per heavy atom. The first-order valence-electron chi connectivity index (χ1n) is 8.44. The SMILES string of the molecule is CC(=O)c1c[nH]c(C(=O)OCC(=O)N(CCC#N)c2cc(C)cc(C)c2)c1. The Morgan fingerprint density at radius 1 is 1.15 bits per heavy atom. The molecule has 7 heteroatoms. The van der Waals surface area contributed by atoms with E-state index in [2.05, 4.69) is 4.98 Å². The number of anilines is 1. The lowest BCUT2D eigenvalue weighted by atomic mass is 10.1. The second kappa shape index (κ2) is 8.81. The summed E-state index contributed by atoms with van der Waals surface area (Å²) in [6, 6.07) is 9.06. The van der Waals surface area contributed by atoms with Gasteiger partial charge in [0.25, 0.3) is 5.91 Å². The number of ether oxygens (including phenoxy) is 1. The third-order valence-corrected chi connectivity index (χ3v) is 3.90. The van der Waals surface area contributed by atoms with Crippen molar-refractivity contribution >= 4 is 23.3 Å². The zero-order chi connectivity index (χ0) is 20.0. The lowest BCUT2D eigenvalue weighted by Gasteiger charge is -2.22. The van der Waals surface area contributed by atoms with Crippen LogP contribution in [-0.4, -0.2) is 35.8 Å². The molecule has 1 amide bonds. The molecule has 0 saturated heterocycles. The Hall–Kier alpha value is -3.40. The highest BCUT2D eigenvalue weighted by molar-refractivity contribution is 5.99. The number of carbonyl (C=O) groups is 3. The monoisotopic (exact) mass is 367 g/mol. The number of aryl methyl sites for hydroxylation is 2. The summed E-state index contributed by atoms with van der Waals surface area (Å²) in [5, 5.41) is 8.86. The molecule has 7 nitrogen and oxygen atoms in total. The zero-order valence-electron chi connectivity index (χ0n) is 15.5. The molecule has 0 atom stereocenters. The number of aromatic amines is 1. The zero-order valence-corrected chi connectivity index (χ0v) is 15.5. The van der Waals surface area contributed by atoms with Crippen LogP contribution >= 0.6 is 0 Å². The fraction of sp³-hybridized carbons (Fsp3) is 0.300. The number of benzene rings is 1. The summed E-state index contributed by atoms with van der Waals surface area (Å²) < 4.78 is 5.07. The second-order valence-electron chi connectivity index (χ2n) is 6.23. The topological polar surface area (TPSA) is 103 Å². The van der Waals surface area contributed by atoms with Crippen molar-refractivity contribution in [2.75, 3.05) is 18.1 Å². The maximum Gasteiger partial charge on any atom is 0.355 e. The van der Waals surface area contributed by atoms with Crippen molar-refractivity contribution < 1.29 is 19.1 Å². The van der Waals surface area contributed by atoms with E-state index in [1.165, 1.54) is 24.1 Å². The van der Waals surface area contributed by atoms with Crippen molar-refractivity contribution in [2.24, 2.45) is 0 Å². The molecule has 0 fully saturated rings. The molecule has 1 aromatic heterocycles. The highest BCUT2D eigenvalue weighted by atomic mass is 16.5. The summed E-state index contributed by atoms with van der Waals surface area (Å²) in [5.74, 6) is -1.34. The minimum atomic E-state index is -0.725. The number of aromatic nitrogens is 1. The average Bonchev–Trinajstić information content (AvgIpc) is 3.09. The van der Waals surface area contributed by atoms with Gasteiger partial charge in [-0.15, -0.1) is 0 Å². The molecule has 0 radical (unpaired) electrons. The van der Waals surface area contributed by atoms with Crippen molar-refractivity contribution in [3.63, 3.8) is 0 Å². The Morgan fingerprint density at radius 3 is 2.37 bits per heavy atom.